The van der Waals surface area contributed by atoms with Crippen molar-refractivity contribution in [1.29, 1.82) is 0 Å². The highest BCUT2D eigenvalue weighted by Crippen LogP contribution is 2.30. The molecule has 2 aliphatic heterocycles. The first-order valence-electron chi connectivity index (χ1n) is 9.38. The number of thioether (sulfide) groups is 1. The molecule has 1 aromatic heterocycles. The summed E-state index contributed by atoms with van der Waals surface area (Å²) in [6.07, 6.45) is -0.696. The van der Waals surface area contributed by atoms with Crippen LogP contribution in [-0.2, 0) is 25.7 Å². The van der Waals surface area contributed by atoms with Crippen LogP contribution in [0.2, 0.25) is 0 Å². The van der Waals surface area contributed by atoms with Crippen LogP contribution in [0.4, 0.5) is 5.82 Å². The molecule has 158 valence electrons. The smallest absolute Gasteiger partial charge is 0.332 e. The number of rotatable bonds is 8. The van der Waals surface area contributed by atoms with Gasteiger partial charge in [-0.2, -0.15) is 0 Å². The molecule has 1 fully saturated rings. The first-order valence-corrected chi connectivity index (χ1v) is 10.4. The molecular weight excluding hydrogens is 400 g/mol. The molecule has 0 aliphatic carbocycles. The van der Waals surface area contributed by atoms with Crippen LogP contribution in [0.1, 0.15) is 25.0 Å². The third-order valence-corrected chi connectivity index (χ3v) is 5.75. The van der Waals surface area contributed by atoms with E-state index < -0.39 is 18.2 Å². The number of carboxylic acids is 1. The minimum atomic E-state index is -1.05. The predicted molar refractivity (Wildman–Crippen MR) is 104 cm³/mol. The second-order valence-electron chi connectivity index (χ2n) is 6.83. The lowest BCUT2D eigenvalue weighted by atomic mass is 9.95. The van der Waals surface area contributed by atoms with Gasteiger partial charge in [-0.05, 0) is 25.0 Å². The lowest BCUT2D eigenvalue weighted by Gasteiger charge is -2.35. The maximum atomic E-state index is 12.0. The Bertz CT molecular complexity index is 777. The highest BCUT2D eigenvalue weighted by Gasteiger charge is 2.35. The van der Waals surface area contributed by atoms with Gasteiger partial charge in [0.15, 0.2) is 6.10 Å². The average Bonchev–Trinajstić information content (AvgIpc) is 2.70. The molecule has 3 heterocycles. The highest BCUT2D eigenvalue weighted by molar-refractivity contribution is 8.00. The predicted octanol–water partition coefficient (Wildman–Crippen LogP) is -0.285. The van der Waals surface area contributed by atoms with Crippen molar-refractivity contribution >= 4 is 35.4 Å². The molecule has 5 N–H and O–H groups in total. The van der Waals surface area contributed by atoms with Gasteiger partial charge >= 0.3 is 5.97 Å². The molecule has 3 atom stereocenters. The van der Waals surface area contributed by atoms with E-state index in [0.29, 0.717) is 31.0 Å². The molecule has 1 saturated heterocycles. The van der Waals surface area contributed by atoms with E-state index in [2.05, 4.69) is 20.9 Å². The SMILES string of the molecule is O=C(C[C@@H]1O[C@@H](C(=O)O)CCC1NCc1ccc2c(n1)NC(=O)CS2)NCCO. The monoisotopic (exact) mass is 424 g/mol. The summed E-state index contributed by atoms with van der Waals surface area (Å²) in [6, 6.07) is 3.54. The lowest BCUT2D eigenvalue weighted by molar-refractivity contribution is -0.163. The Balaban J connectivity index is 1.62. The number of nitrogens with zero attached hydrogens (tertiary/aromatic N) is 1. The van der Waals surface area contributed by atoms with Crippen LogP contribution in [0.5, 0.6) is 0 Å². The molecule has 2 amide bonds. The van der Waals surface area contributed by atoms with E-state index >= 15 is 0 Å². The van der Waals surface area contributed by atoms with Crippen molar-refractivity contribution in [2.24, 2.45) is 0 Å². The minimum absolute atomic E-state index is 0.00817. The Labute approximate surface area is 171 Å². The number of pyridine rings is 1. The quantitative estimate of drug-likeness (QED) is 0.379. The number of aliphatic hydroxyl groups excluding tert-OH is 1. The summed E-state index contributed by atoms with van der Waals surface area (Å²) in [5.74, 6) is -0.538. The van der Waals surface area contributed by atoms with Gasteiger partial charge < -0.3 is 30.9 Å². The maximum absolute atomic E-state index is 12.0. The van der Waals surface area contributed by atoms with Crippen molar-refractivity contribution in [3.63, 3.8) is 0 Å². The Kier molecular flexibility index (Phi) is 7.42. The van der Waals surface area contributed by atoms with Crippen LogP contribution < -0.4 is 16.0 Å². The van der Waals surface area contributed by atoms with Crippen molar-refractivity contribution < 1.29 is 29.3 Å². The van der Waals surface area contributed by atoms with Crippen LogP contribution in [0.25, 0.3) is 0 Å². The Morgan fingerprint density at radius 2 is 2.17 bits per heavy atom. The van der Waals surface area contributed by atoms with Crippen molar-refractivity contribution in [3.05, 3.63) is 17.8 Å². The van der Waals surface area contributed by atoms with Gasteiger partial charge in [0.2, 0.25) is 11.8 Å². The molecule has 1 unspecified atom stereocenters. The number of carboxylic acid groups (broad SMARTS) is 1. The van der Waals surface area contributed by atoms with Gasteiger partial charge in [0.1, 0.15) is 5.82 Å². The number of carbonyl (C=O) groups excluding carboxylic acids is 2. The molecule has 0 radical (unpaired) electrons. The van der Waals surface area contributed by atoms with Crippen molar-refractivity contribution in [3.8, 4) is 0 Å². The fourth-order valence-electron chi connectivity index (χ4n) is 3.28. The summed E-state index contributed by atoms with van der Waals surface area (Å²) < 4.78 is 5.64. The van der Waals surface area contributed by atoms with Gasteiger partial charge in [0, 0.05) is 19.1 Å². The molecule has 0 spiro atoms. The number of fused-ring (bicyclic) bond motifs is 1. The van der Waals surface area contributed by atoms with Crippen molar-refractivity contribution in [1.82, 2.24) is 15.6 Å². The van der Waals surface area contributed by atoms with Crippen LogP contribution >= 0.6 is 11.8 Å². The van der Waals surface area contributed by atoms with E-state index in [1.165, 1.54) is 11.8 Å². The summed E-state index contributed by atoms with van der Waals surface area (Å²) >= 11 is 1.44. The third-order valence-electron chi connectivity index (χ3n) is 4.70. The van der Waals surface area contributed by atoms with Crippen LogP contribution in [0.3, 0.4) is 0 Å². The summed E-state index contributed by atoms with van der Waals surface area (Å²) in [5, 5.41) is 26.7. The third kappa shape index (κ3) is 5.89. The molecule has 0 bridgehead atoms. The van der Waals surface area contributed by atoms with Crippen molar-refractivity contribution in [2.75, 3.05) is 24.2 Å². The number of anilines is 1. The van der Waals surface area contributed by atoms with Crippen LogP contribution in [-0.4, -0.2) is 70.1 Å². The van der Waals surface area contributed by atoms with Gasteiger partial charge in [-0.15, -0.1) is 11.8 Å². The number of amides is 2. The van der Waals surface area contributed by atoms with Gasteiger partial charge in [-0.25, -0.2) is 9.78 Å². The second kappa shape index (κ2) is 10.0. The number of aliphatic hydroxyl groups is 1. The zero-order valence-corrected chi connectivity index (χ0v) is 16.5. The largest absolute Gasteiger partial charge is 0.479 e. The molecule has 10 nitrogen and oxygen atoms in total. The fourth-order valence-corrected chi connectivity index (χ4v) is 4.04. The fraction of sp³-hybridized carbons (Fsp3) is 0.556. The number of aliphatic carboxylic acids is 1. The highest BCUT2D eigenvalue weighted by atomic mass is 32.2. The number of hydrogen-bond acceptors (Lipinski definition) is 8. The Morgan fingerprint density at radius 3 is 2.93 bits per heavy atom. The minimum Gasteiger partial charge on any atom is -0.479 e. The zero-order valence-electron chi connectivity index (χ0n) is 15.7. The average molecular weight is 424 g/mol. The van der Waals surface area contributed by atoms with Crippen LogP contribution in [0.15, 0.2) is 17.0 Å². The van der Waals surface area contributed by atoms with Gasteiger partial charge in [-0.1, -0.05) is 0 Å². The lowest BCUT2D eigenvalue weighted by Crippen LogP contribution is -2.50. The topological polar surface area (TPSA) is 150 Å². The van der Waals surface area contributed by atoms with E-state index in [0.717, 1.165) is 10.6 Å². The molecule has 29 heavy (non-hydrogen) atoms. The van der Waals surface area contributed by atoms with E-state index in [4.69, 9.17) is 9.84 Å². The normalized spacial score (nSPS) is 23.8. The number of carbonyl (C=O) groups is 3. The number of ether oxygens (including phenoxy) is 1. The molecule has 0 saturated carbocycles. The van der Waals surface area contributed by atoms with Gasteiger partial charge in [-0.3, -0.25) is 9.59 Å². The Hall–Kier alpha value is -2.21. The van der Waals surface area contributed by atoms with Gasteiger partial charge in [0.25, 0.3) is 0 Å². The van der Waals surface area contributed by atoms with E-state index in [1.54, 1.807) is 0 Å². The summed E-state index contributed by atoms with van der Waals surface area (Å²) in [4.78, 5) is 40.2. The standard InChI is InChI=1S/C18H24N4O6S/c23-6-5-19-15(24)7-13-11(2-3-12(28-13)18(26)27)20-8-10-1-4-14-17(21-10)22-16(25)9-29-14/h1,4,11-13,20,23H,2-3,5-9H2,(H,19,24)(H,26,27)(H,21,22,25)/t11?,12-,13+/m1/s1. The van der Waals surface area contributed by atoms with Crippen LogP contribution in [0, 0.1) is 0 Å². The maximum Gasteiger partial charge on any atom is 0.332 e. The molecule has 1 aromatic rings. The molecule has 0 aromatic carbocycles. The Morgan fingerprint density at radius 1 is 1.34 bits per heavy atom. The van der Waals surface area contributed by atoms with E-state index in [-0.39, 0.29) is 37.4 Å². The zero-order chi connectivity index (χ0) is 20.8. The summed E-state index contributed by atoms with van der Waals surface area (Å²) in [5.41, 5.74) is 0.718. The molecule has 3 rings (SSSR count). The number of nitrogens with one attached hydrogen (secondary N) is 3. The second-order valence-corrected chi connectivity index (χ2v) is 7.85. The first-order chi connectivity index (χ1) is 14.0. The molecular formula is C18H24N4O6S. The number of aromatic nitrogens is 1. The van der Waals surface area contributed by atoms with Crippen molar-refractivity contribution in [2.45, 2.75) is 49.0 Å². The molecule has 11 heteroatoms. The molecule has 2 aliphatic rings. The van der Waals surface area contributed by atoms with Gasteiger partial charge in [0.05, 0.1) is 35.5 Å². The summed E-state index contributed by atoms with van der Waals surface area (Å²) in [6.45, 7) is 0.346. The first kappa shape index (κ1) is 21.5. The summed E-state index contributed by atoms with van der Waals surface area (Å²) in [7, 11) is 0. The number of hydrogen-bond donors (Lipinski definition) is 5. The van der Waals surface area contributed by atoms with E-state index in [9.17, 15) is 19.5 Å². The van der Waals surface area contributed by atoms with E-state index in [1.807, 2.05) is 12.1 Å².